The first-order valence-electron chi connectivity index (χ1n) is 24.9. The van der Waals surface area contributed by atoms with E-state index in [0.717, 1.165) is 24.3 Å². The molecule has 3 fully saturated rings. The number of ether oxygens (including phenoxy) is 9. The van der Waals surface area contributed by atoms with Crippen LogP contribution >= 0.6 is 0 Å². The summed E-state index contributed by atoms with van der Waals surface area (Å²) in [4.78, 5) is 48.0. The Morgan fingerprint density at radius 1 is 0.482 bits per heavy atom. The van der Waals surface area contributed by atoms with Gasteiger partial charge in [0.2, 0.25) is 24.6 Å². The number of rotatable bonds is 19. The summed E-state index contributed by atoms with van der Waals surface area (Å²) < 4.78 is 55.5. The lowest BCUT2D eigenvalue weighted by Gasteiger charge is -2.39. The van der Waals surface area contributed by atoms with Crippen molar-refractivity contribution in [2.24, 2.45) is 0 Å². The van der Waals surface area contributed by atoms with Crippen molar-refractivity contribution in [2.75, 3.05) is 19.8 Å². The van der Waals surface area contributed by atoms with Gasteiger partial charge in [-0.3, -0.25) is 9.59 Å². The first kappa shape index (κ1) is 60.7. The molecule has 0 radical (unpaired) electrons. The molecule has 29 heteroatoms. The van der Waals surface area contributed by atoms with Crippen molar-refractivity contribution in [3.8, 4) is 57.3 Å². The third-order valence-corrected chi connectivity index (χ3v) is 13.0. The zero-order valence-electron chi connectivity index (χ0n) is 42.7. The SMILES string of the molecule is O=C(O)CC(=O)OCC1OC(Oc2cc3c(O)cc(OC4OC(COC(=O)C=Cc5ccc(OC6OC(COC(=O)C=Cc7ccc(O)c(O)c7)C(O)C(O)C6O)c(O)c5)C(O)C(O)C4O)cc3[o+]c2-c2ccc(O)cc2)C(O)C(O)C1O. The summed E-state index contributed by atoms with van der Waals surface area (Å²) in [6.45, 7) is -2.13. The quantitative estimate of drug-likeness (QED) is 0.0118. The molecule has 15 atom stereocenters. The number of carboxylic acids is 1. The Morgan fingerprint density at radius 2 is 0.964 bits per heavy atom. The highest BCUT2D eigenvalue weighted by Gasteiger charge is 2.49. The maximum atomic E-state index is 12.9. The maximum Gasteiger partial charge on any atom is 0.402 e. The fraction of sp³-hybridized carbons (Fsp3) is 0.352. The Balaban J connectivity index is 0.888. The number of aliphatic hydroxyl groups excluding tert-OH is 9. The Labute approximate surface area is 466 Å². The average molecular weight is 1170 g/mol. The molecule has 15 N–H and O–H groups in total. The van der Waals surface area contributed by atoms with Crippen LogP contribution in [0.25, 0.3) is 34.4 Å². The second kappa shape index (κ2) is 26.2. The Hall–Kier alpha value is -8.43. The zero-order chi connectivity index (χ0) is 60.0. The number of hydrogen-bond acceptors (Lipinski definition) is 27. The van der Waals surface area contributed by atoms with Crippen LogP contribution in [0, 0.1) is 0 Å². The molecule has 1 aromatic heterocycles. The second-order valence-corrected chi connectivity index (χ2v) is 18.9. The molecule has 4 heterocycles. The molecule has 0 bridgehead atoms. The van der Waals surface area contributed by atoms with Crippen LogP contribution in [-0.4, -0.2) is 212 Å². The van der Waals surface area contributed by atoms with Crippen molar-refractivity contribution in [1.82, 2.24) is 0 Å². The average Bonchev–Trinajstić information content (AvgIpc) is 3.62. The van der Waals surface area contributed by atoms with Gasteiger partial charge in [-0.25, -0.2) is 14.0 Å². The summed E-state index contributed by atoms with van der Waals surface area (Å²) in [5, 5.41) is 156. The fourth-order valence-corrected chi connectivity index (χ4v) is 8.47. The van der Waals surface area contributed by atoms with Gasteiger partial charge in [0, 0.05) is 24.3 Å². The van der Waals surface area contributed by atoms with Gasteiger partial charge in [0.05, 0.1) is 11.6 Å². The van der Waals surface area contributed by atoms with Gasteiger partial charge in [0.25, 0.3) is 0 Å². The van der Waals surface area contributed by atoms with Crippen molar-refractivity contribution < 1.29 is 143 Å². The number of phenolic OH excluding ortho intramolecular Hbond substituents is 5. The van der Waals surface area contributed by atoms with E-state index in [-0.39, 0.29) is 56.6 Å². The molecular formula is C54H55O29+. The van der Waals surface area contributed by atoms with Gasteiger partial charge in [-0.15, -0.1) is 0 Å². The summed E-state index contributed by atoms with van der Waals surface area (Å²) in [6.07, 6.45) is -23.5. The number of carbonyl (C=O) groups is 4. The zero-order valence-corrected chi connectivity index (χ0v) is 42.7. The lowest BCUT2D eigenvalue weighted by molar-refractivity contribution is -0.278. The van der Waals surface area contributed by atoms with Crippen molar-refractivity contribution in [2.45, 2.75) is 98.5 Å². The number of benzene rings is 4. The molecule has 444 valence electrons. The van der Waals surface area contributed by atoms with Crippen LogP contribution in [0.15, 0.2) is 95.4 Å². The van der Waals surface area contributed by atoms with E-state index >= 15 is 0 Å². The largest absolute Gasteiger partial charge is 0.508 e. The molecule has 4 aromatic carbocycles. The van der Waals surface area contributed by atoms with E-state index < -0.39 is 159 Å². The van der Waals surface area contributed by atoms with Crippen molar-refractivity contribution >= 4 is 47.0 Å². The van der Waals surface area contributed by atoms with E-state index in [1.54, 1.807) is 0 Å². The highest BCUT2D eigenvalue weighted by atomic mass is 16.7. The van der Waals surface area contributed by atoms with Crippen molar-refractivity contribution in [3.05, 3.63) is 102 Å². The molecule has 8 rings (SSSR count). The van der Waals surface area contributed by atoms with E-state index in [4.69, 9.17) is 52.2 Å². The van der Waals surface area contributed by atoms with Crippen molar-refractivity contribution in [1.29, 1.82) is 0 Å². The summed E-state index contributed by atoms with van der Waals surface area (Å²) in [5.74, 6) is -7.72. The Morgan fingerprint density at radius 3 is 1.47 bits per heavy atom. The van der Waals surface area contributed by atoms with E-state index in [1.807, 2.05) is 0 Å². The smallest absolute Gasteiger partial charge is 0.402 e. The minimum atomic E-state index is -1.96. The molecule has 3 saturated heterocycles. The number of phenols is 5. The van der Waals surface area contributed by atoms with Crippen LogP contribution in [0.4, 0.5) is 0 Å². The number of aromatic hydroxyl groups is 5. The van der Waals surface area contributed by atoms with Gasteiger partial charge in [-0.05, 0) is 71.8 Å². The normalized spacial score (nSPS) is 28.1. The highest BCUT2D eigenvalue weighted by molar-refractivity contribution is 5.90. The van der Waals surface area contributed by atoms with Gasteiger partial charge in [-0.1, -0.05) is 12.1 Å². The van der Waals surface area contributed by atoms with E-state index in [2.05, 4.69) is 0 Å². The molecule has 15 unspecified atom stereocenters. The van der Waals surface area contributed by atoms with E-state index in [1.165, 1.54) is 78.9 Å². The van der Waals surface area contributed by atoms with Crippen LogP contribution < -0.4 is 14.2 Å². The minimum absolute atomic E-state index is 0.0933. The molecule has 83 heavy (non-hydrogen) atoms. The molecule has 0 aliphatic carbocycles. The highest BCUT2D eigenvalue weighted by Crippen LogP contribution is 2.42. The maximum absolute atomic E-state index is 12.9. The molecule has 0 spiro atoms. The standard InChI is InChI=1S/C54H54O29/c55-25-7-5-24(6-8-25)51-34(80-54-50(73)47(70)44(67)37(83-54)21-76-41(64)18-38(60)61)17-27-29(57)15-26(16-33(27)78-51)77-52-48(71)45(68)42(65)35(81-52)19-74-40(63)12-4-23-2-10-32(31(59)14-23)79-53-49(72)46(69)43(66)36(82-53)20-75-39(62)11-3-22-1-9-28(56)30(58)13-22/h1-17,35-37,42-50,52-54,65-73H,18-21H2,(H5-,55,56,57,58,59,60,61,62)/p+1. The van der Waals surface area contributed by atoms with E-state index in [9.17, 15) is 90.7 Å². The van der Waals surface area contributed by atoms with Crippen LogP contribution in [0.5, 0.6) is 46.0 Å². The number of aliphatic carboxylic acids is 1. The summed E-state index contributed by atoms with van der Waals surface area (Å²) in [7, 11) is 0. The second-order valence-electron chi connectivity index (χ2n) is 18.9. The van der Waals surface area contributed by atoms with Gasteiger partial charge in [0.15, 0.2) is 23.0 Å². The van der Waals surface area contributed by atoms with Crippen LogP contribution in [0.2, 0.25) is 0 Å². The summed E-state index contributed by atoms with van der Waals surface area (Å²) in [5.41, 5.74) is 0.579. The number of aliphatic hydroxyl groups is 9. The molecule has 29 nitrogen and oxygen atoms in total. The summed E-state index contributed by atoms with van der Waals surface area (Å²) >= 11 is 0. The van der Waals surface area contributed by atoms with Gasteiger partial charge in [0.1, 0.15) is 122 Å². The monoisotopic (exact) mass is 1170 g/mol. The molecule has 0 saturated carbocycles. The molecule has 3 aliphatic rings. The lowest BCUT2D eigenvalue weighted by atomic mass is 9.99. The fourth-order valence-electron chi connectivity index (χ4n) is 8.47. The summed E-state index contributed by atoms with van der Waals surface area (Å²) in [6, 6.07) is 16.2. The molecule has 3 aliphatic heterocycles. The minimum Gasteiger partial charge on any atom is -0.508 e. The van der Waals surface area contributed by atoms with Gasteiger partial charge < -0.3 is 119 Å². The number of carbonyl (C=O) groups excluding carboxylic acids is 3. The van der Waals surface area contributed by atoms with Crippen LogP contribution in [0.3, 0.4) is 0 Å². The topological polar surface area (TPSA) is 466 Å². The number of carboxylic acid groups (broad SMARTS) is 1. The number of hydrogen-bond donors (Lipinski definition) is 15. The van der Waals surface area contributed by atoms with Gasteiger partial charge in [-0.2, -0.15) is 0 Å². The van der Waals surface area contributed by atoms with Crippen LogP contribution in [-0.2, 0) is 47.6 Å². The number of fused-ring (bicyclic) bond motifs is 1. The third kappa shape index (κ3) is 14.6. The Kier molecular flexibility index (Phi) is 19.2. The first-order chi connectivity index (χ1) is 39.4. The molecule has 0 amide bonds. The van der Waals surface area contributed by atoms with Crippen LogP contribution in [0.1, 0.15) is 17.5 Å². The predicted octanol–water partition coefficient (Wildman–Crippen LogP) is -1.00. The molecular weight excluding hydrogens is 1110 g/mol. The molecule has 5 aromatic rings. The first-order valence-corrected chi connectivity index (χ1v) is 24.9. The number of esters is 3. The predicted molar refractivity (Wildman–Crippen MR) is 272 cm³/mol. The Bertz CT molecular complexity index is 3200. The lowest BCUT2D eigenvalue weighted by Crippen LogP contribution is -2.60. The third-order valence-electron chi connectivity index (χ3n) is 13.0. The van der Waals surface area contributed by atoms with Gasteiger partial charge >= 0.3 is 35.2 Å². The van der Waals surface area contributed by atoms with Crippen molar-refractivity contribution in [3.63, 3.8) is 0 Å². The van der Waals surface area contributed by atoms with E-state index in [0.29, 0.717) is 5.56 Å².